The van der Waals surface area contributed by atoms with Gasteiger partial charge in [0.05, 0.1) is 18.0 Å². The number of benzene rings is 1. The standard InChI is InChI=1S/C21H23BrNO4S/c22-17-5-3-15(4-6-17)14-26-21(25)27-19-13-23(9-7-16(19)8-10-23)12-18(24)20-2-1-11-28-20/h1-6,11,16,19H,7-10,12-14H2/q+1. The van der Waals surface area contributed by atoms with Crippen LogP contribution in [-0.2, 0) is 16.1 Å². The van der Waals surface area contributed by atoms with Crippen molar-refractivity contribution in [1.82, 2.24) is 0 Å². The highest BCUT2D eigenvalue weighted by Crippen LogP contribution is 2.36. The van der Waals surface area contributed by atoms with Gasteiger partial charge in [-0.2, -0.15) is 0 Å². The second-order valence-corrected chi connectivity index (χ2v) is 9.55. The van der Waals surface area contributed by atoms with Crippen LogP contribution < -0.4 is 0 Å². The van der Waals surface area contributed by atoms with Crippen molar-refractivity contribution in [2.75, 3.05) is 26.2 Å². The summed E-state index contributed by atoms with van der Waals surface area (Å²) in [5.41, 5.74) is 0.916. The van der Waals surface area contributed by atoms with Crippen molar-refractivity contribution in [2.24, 2.45) is 5.92 Å². The zero-order valence-corrected chi connectivity index (χ0v) is 17.9. The molecule has 148 valence electrons. The Bertz CT molecular complexity index is 829. The summed E-state index contributed by atoms with van der Waals surface area (Å²) < 4.78 is 12.7. The predicted octanol–water partition coefficient (Wildman–Crippen LogP) is 4.66. The zero-order chi connectivity index (χ0) is 19.6. The number of quaternary nitrogens is 1. The number of ketones is 1. The van der Waals surface area contributed by atoms with E-state index in [2.05, 4.69) is 15.9 Å². The fourth-order valence-electron chi connectivity index (χ4n) is 4.28. The number of hydrogen-bond acceptors (Lipinski definition) is 5. The first-order valence-corrected chi connectivity index (χ1v) is 11.2. The highest BCUT2D eigenvalue weighted by Gasteiger charge is 2.48. The maximum absolute atomic E-state index is 12.6. The number of rotatable bonds is 6. The molecule has 0 N–H and O–H groups in total. The SMILES string of the molecule is O=C(OCc1ccc(Br)cc1)OC1C[N+]2(CC(=O)c3cccs3)CCC1CC2. The molecule has 5 rings (SSSR count). The van der Waals surface area contributed by atoms with E-state index in [0.717, 1.165) is 45.3 Å². The number of fused-ring (bicyclic) bond motifs is 3. The first kappa shape index (κ1) is 19.6. The molecule has 7 heteroatoms. The van der Waals surface area contributed by atoms with Crippen LogP contribution in [0.3, 0.4) is 0 Å². The maximum atomic E-state index is 12.6. The van der Waals surface area contributed by atoms with E-state index in [4.69, 9.17) is 9.47 Å². The summed E-state index contributed by atoms with van der Waals surface area (Å²) in [7, 11) is 0. The van der Waals surface area contributed by atoms with Crippen LogP contribution >= 0.6 is 27.3 Å². The zero-order valence-electron chi connectivity index (χ0n) is 15.5. The number of halogens is 1. The molecule has 1 atom stereocenters. The number of ether oxygens (including phenoxy) is 2. The molecule has 3 aliphatic heterocycles. The van der Waals surface area contributed by atoms with Crippen molar-refractivity contribution in [2.45, 2.75) is 25.6 Å². The fraction of sp³-hybridized carbons (Fsp3) is 0.429. The summed E-state index contributed by atoms with van der Waals surface area (Å²) in [6.07, 6.45) is 1.19. The average Bonchev–Trinajstić information content (AvgIpc) is 3.23. The molecule has 3 aliphatic rings. The maximum Gasteiger partial charge on any atom is 0.509 e. The molecule has 0 spiro atoms. The van der Waals surface area contributed by atoms with Crippen LogP contribution in [0.5, 0.6) is 0 Å². The largest absolute Gasteiger partial charge is 0.509 e. The first-order chi connectivity index (χ1) is 13.5. The third-order valence-corrected chi connectivity index (χ3v) is 7.27. The topological polar surface area (TPSA) is 52.6 Å². The molecule has 0 amide bonds. The van der Waals surface area contributed by atoms with Crippen molar-refractivity contribution in [3.8, 4) is 0 Å². The number of carbonyl (C=O) groups is 2. The van der Waals surface area contributed by atoms with E-state index < -0.39 is 6.16 Å². The number of thiophene rings is 1. The van der Waals surface area contributed by atoms with Crippen LogP contribution in [0.15, 0.2) is 46.3 Å². The van der Waals surface area contributed by atoms with Crippen LogP contribution in [0.2, 0.25) is 0 Å². The van der Waals surface area contributed by atoms with Gasteiger partial charge >= 0.3 is 6.16 Å². The molecule has 0 radical (unpaired) electrons. The molecular weight excluding hydrogens is 442 g/mol. The van der Waals surface area contributed by atoms with Gasteiger partial charge in [-0.3, -0.25) is 4.79 Å². The molecule has 2 aromatic rings. The Morgan fingerprint density at radius 2 is 1.89 bits per heavy atom. The average molecular weight is 465 g/mol. The molecule has 4 heterocycles. The minimum Gasteiger partial charge on any atom is -0.429 e. The van der Waals surface area contributed by atoms with E-state index in [1.54, 1.807) is 0 Å². The van der Waals surface area contributed by atoms with Crippen molar-refractivity contribution in [3.63, 3.8) is 0 Å². The van der Waals surface area contributed by atoms with Gasteiger partial charge in [-0.05, 0) is 29.1 Å². The number of carbonyl (C=O) groups excluding carboxylic acids is 2. The molecule has 3 saturated heterocycles. The molecule has 2 bridgehead atoms. The van der Waals surface area contributed by atoms with E-state index in [9.17, 15) is 9.59 Å². The number of Topliss-reactive ketones (excluding diaryl/α,β-unsaturated/α-hetero) is 1. The van der Waals surface area contributed by atoms with Crippen LogP contribution in [0.25, 0.3) is 0 Å². The van der Waals surface area contributed by atoms with Crippen LogP contribution in [0.1, 0.15) is 28.1 Å². The molecule has 0 aliphatic carbocycles. The van der Waals surface area contributed by atoms with E-state index in [1.165, 1.54) is 11.3 Å². The second-order valence-electron chi connectivity index (χ2n) is 7.69. The molecule has 1 unspecified atom stereocenters. The predicted molar refractivity (Wildman–Crippen MR) is 110 cm³/mol. The summed E-state index contributed by atoms with van der Waals surface area (Å²) in [5, 5.41) is 1.93. The van der Waals surface area contributed by atoms with E-state index in [0.29, 0.717) is 19.0 Å². The lowest BCUT2D eigenvalue weighted by molar-refractivity contribution is -0.938. The van der Waals surface area contributed by atoms with E-state index in [-0.39, 0.29) is 18.5 Å². The Morgan fingerprint density at radius 3 is 2.57 bits per heavy atom. The second kappa shape index (κ2) is 8.35. The lowest BCUT2D eigenvalue weighted by Crippen LogP contribution is -2.65. The smallest absolute Gasteiger partial charge is 0.429 e. The lowest BCUT2D eigenvalue weighted by atomic mass is 9.83. The van der Waals surface area contributed by atoms with E-state index >= 15 is 0 Å². The Balaban J connectivity index is 1.33. The molecule has 1 aromatic carbocycles. The Labute approximate surface area is 177 Å². The van der Waals surface area contributed by atoms with Gasteiger partial charge in [0.25, 0.3) is 0 Å². The van der Waals surface area contributed by atoms with Crippen molar-refractivity contribution < 1.29 is 23.5 Å². The third-order valence-electron chi connectivity index (χ3n) is 5.83. The molecule has 5 nitrogen and oxygen atoms in total. The lowest BCUT2D eigenvalue weighted by Gasteiger charge is -2.51. The minimum atomic E-state index is -0.621. The number of piperidine rings is 3. The number of nitrogens with zero attached hydrogens (tertiary/aromatic N) is 1. The minimum absolute atomic E-state index is 0.170. The van der Waals surface area contributed by atoms with Crippen molar-refractivity contribution in [1.29, 1.82) is 0 Å². The Hall–Kier alpha value is -1.70. The monoisotopic (exact) mass is 464 g/mol. The molecule has 28 heavy (non-hydrogen) atoms. The van der Waals surface area contributed by atoms with Gasteiger partial charge < -0.3 is 14.0 Å². The summed E-state index contributed by atoms with van der Waals surface area (Å²) in [5.74, 6) is 0.559. The van der Waals surface area contributed by atoms with E-state index in [1.807, 2.05) is 41.8 Å². The fourth-order valence-corrected chi connectivity index (χ4v) is 5.20. The van der Waals surface area contributed by atoms with Crippen LogP contribution in [-0.4, -0.2) is 48.7 Å². The molecule has 3 fully saturated rings. The normalized spacial score (nSPS) is 26.0. The van der Waals surface area contributed by atoms with Gasteiger partial charge in [-0.1, -0.05) is 34.1 Å². The summed E-state index contributed by atoms with van der Waals surface area (Å²) in [6.45, 7) is 3.35. The molecule has 0 saturated carbocycles. The van der Waals surface area contributed by atoms with Crippen molar-refractivity contribution in [3.05, 3.63) is 56.7 Å². The van der Waals surface area contributed by atoms with Gasteiger partial charge in [0.15, 0.2) is 6.10 Å². The van der Waals surface area contributed by atoms with Gasteiger partial charge in [-0.15, -0.1) is 11.3 Å². The van der Waals surface area contributed by atoms with Crippen LogP contribution in [0.4, 0.5) is 4.79 Å². The summed E-state index contributed by atoms with van der Waals surface area (Å²) >= 11 is 4.88. The first-order valence-electron chi connectivity index (χ1n) is 9.53. The Morgan fingerprint density at radius 1 is 1.14 bits per heavy atom. The molecular formula is C21H23BrNO4S+. The summed E-state index contributed by atoms with van der Waals surface area (Å²) in [4.78, 5) is 25.7. The van der Waals surface area contributed by atoms with Gasteiger partial charge in [0, 0.05) is 23.2 Å². The van der Waals surface area contributed by atoms with Gasteiger partial charge in [0.2, 0.25) is 5.78 Å². The third kappa shape index (κ3) is 4.47. The van der Waals surface area contributed by atoms with Gasteiger partial charge in [-0.25, -0.2) is 4.79 Å². The van der Waals surface area contributed by atoms with Crippen molar-refractivity contribution >= 4 is 39.2 Å². The highest BCUT2D eigenvalue weighted by molar-refractivity contribution is 9.10. The Kier molecular flexibility index (Phi) is 5.85. The summed E-state index contributed by atoms with van der Waals surface area (Å²) in [6, 6.07) is 11.4. The quantitative estimate of drug-likeness (QED) is 0.354. The van der Waals surface area contributed by atoms with Crippen LogP contribution in [0, 0.1) is 5.92 Å². The highest BCUT2D eigenvalue weighted by atomic mass is 79.9. The molecule has 1 aromatic heterocycles. The number of hydrogen-bond donors (Lipinski definition) is 0. The van der Waals surface area contributed by atoms with Gasteiger partial charge in [0.1, 0.15) is 19.7 Å².